The second-order valence-corrected chi connectivity index (χ2v) is 5.85. The highest BCUT2D eigenvalue weighted by atomic mass is 16.5. The van der Waals surface area contributed by atoms with E-state index in [1.165, 1.54) is 13.3 Å². The first-order chi connectivity index (χ1) is 14.6. The van der Waals surface area contributed by atoms with E-state index in [1.54, 1.807) is 42.5 Å². The van der Waals surface area contributed by atoms with Crippen LogP contribution in [0.1, 0.15) is 18.9 Å². The molecule has 8 heteroatoms. The number of nitrogens with zero attached hydrogens (tertiary/aromatic N) is 1. The summed E-state index contributed by atoms with van der Waals surface area (Å²) in [6.45, 7) is 2.50. The third kappa shape index (κ3) is 6.87. The number of para-hydroxylation sites is 1. The zero-order valence-corrected chi connectivity index (χ0v) is 16.8. The SMILES string of the molecule is C#CCOc1c(C=NNC(=O)CC(=O)Nc2ccc(OCC)cc2)cccc1OC. The average Bonchev–Trinajstić information content (AvgIpc) is 2.74. The summed E-state index contributed by atoms with van der Waals surface area (Å²) >= 11 is 0. The molecule has 0 radical (unpaired) electrons. The standard InChI is InChI=1S/C22H23N3O5/c1-4-13-30-22-16(7-6-8-19(22)28-3)15-23-25-21(27)14-20(26)24-17-9-11-18(12-10-17)29-5-2/h1,6-12,15H,5,13-14H2,2-3H3,(H,24,26)(H,25,27). The fourth-order valence-corrected chi connectivity index (χ4v) is 2.43. The summed E-state index contributed by atoms with van der Waals surface area (Å²) in [5.41, 5.74) is 3.43. The van der Waals surface area contributed by atoms with Gasteiger partial charge in [-0.05, 0) is 43.3 Å². The van der Waals surface area contributed by atoms with Crippen molar-refractivity contribution < 1.29 is 23.8 Å². The van der Waals surface area contributed by atoms with Crippen LogP contribution in [0.25, 0.3) is 0 Å². The number of amides is 2. The van der Waals surface area contributed by atoms with Gasteiger partial charge in [-0.15, -0.1) is 6.42 Å². The summed E-state index contributed by atoms with van der Waals surface area (Å²) in [5.74, 6) is 2.93. The van der Waals surface area contributed by atoms with E-state index in [2.05, 4.69) is 21.8 Å². The van der Waals surface area contributed by atoms with Crippen molar-refractivity contribution in [3.8, 4) is 29.6 Å². The lowest BCUT2D eigenvalue weighted by Gasteiger charge is -2.11. The maximum absolute atomic E-state index is 12.0. The first kappa shape index (κ1) is 22.3. The van der Waals surface area contributed by atoms with E-state index in [0.717, 1.165) is 0 Å². The first-order valence-electron chi connectivity index (χ1n) is 9.15. The molecule has 30 heavy (non-hydrogen) atoms. The van der Waals surface area contributed by atoms with Gasteiger partial charge in [0.2, 0.25) is 11.8 Å². The highest BCUT2D eigenvalue weighted by molar-refractivity contribution is 6.03. The van der Waals surface area contributed by atoms with E-state index in [4.69, 9.17) is 20.6 Å². The molecule has 156 valence electrons. The molecule has 0 bridgehead atoms. The van der Waals surface area contributed by atoms with E-state index in [1.807, 2.05) is 6.92 Å². The fraction of sp³-hybridized carbons (Fsp3) is 0.227. The molecule has 0 aliphatic rings. The molecule has 2 N–H and O–H groups in total. The van der Waals surface area contributed by atoms with Crippen molar-refractivity contribution in [2.45, 2.75) is 13.3 Å². The van der Waals surface area contributed by atoms with Crippen molar-refractivity contribution in [3.63, 3.8) is 0 Å². The summed E-state index contributed by atoms with van der Waals surface area (Å²) in [6, 6.07) is 12.0. The minimum absolute atomic E-state index is 0.0549. The van der Waals surface area contributed by atoms with Gasteiger partial charge >= 0.3 is 0 Å². The van der Waals surface area contributed by atoms with Gasteiger partial charge in [-0.1, -0.05) is 12.0 Å². The molecule has 0 aliphatic heterocycles. The Morgan fingerprint density at radius 3 is 2.57 bits per heavy atom. The van der Waals surface area contributed by atoms with Gasteiger partial charge in [0, 0.05) is 11.3 Å². The van der Waals surface area contributed by atoms with Crippen molar-refractivity contribution in [2.24, 2.45) is 5.10 Å². The van der Waals surface area contributed by atoms with Gasteiger partial charge in [0.25, 0.3) is 0 Å². The maximum atomic E-state index is 12.0. The summed E-state index contributed by atoms with van der Waals surface area (Å²) in [4.78, 5) is 24.0. The Bertz CT molecular complexity index is 933. The van der Waals surface area contributed by atoms with Crippen molar-refractivity contribution in [2.75, 3.05) is 25.6 Å². The Kier molecular flexibility index (Phi) is 8.74. The fourth-order valence-electron chi connectivity index (χ4n) is 2.43. The van der Waals surface area contributed by atoms with Crippen molar-refractivity contribution >= 4 is 23.7 Å². The number of benzene rings is 2. The first-order valence-corrected chi connectivity index (χ1v) is 9.15. The molecule has 8 nitrogen and oxygen atoms in total. The maximum Gasteiger partial charge on any atom is 0.249 e. The molecule has 0 aliphatic carbocycles. The number of hydrogen-bond donors (Lipinski definition) is 2. The Hall–Kier alpha value is -3.99. The van der Waals surface area contributed by atoms with Gasteiger partial charge in [-0.25, -0.2) is 5.43 Å². The van der Waals surface area contributed by atoms with Crippen LogP contribution < -0.4 is 25.0 Å². The second-order valence-electron chi connectivity index (χ2n) is 5.85. The number of methoxy groups -OCH3 is 1. The Balaban J connectivity index is 1.90. The molecule has 2 amide bonds. The predicted octanol–water partition coefficient (Wildman–Crippen LogP) is 2.58. The number of hydrazone groups is 1. The molecule has 0 unspecified atom stereocenters. The van der Waals surface area contributed by atoms with Crippen LogP contribution in [0.4, 0.5) is 5.69 Å². The molecular formula is C22H23N3O5. The topological polar surface area (TPSA) is 98.2 Å². The molecule has 0 saturated heterocycles. The molecular weight excluding hydrogens is 386 g/mol. The molecule has 0 fully saturated rings. The smallest absolute Gasteiger partial charge is 0.249 e. The number of hydrogen-bond acceptors (Lipinski definition) is 6. The summed E-state index contributed by atoms with van der Waals surface area (Å²) < 4.78 is 16.1. The number of rotatable bonds is 10. The highest BCUT2D eigenvalue weighted by Crippen LogP contribution is 2.29. The van der Waals surface area contributed by atoms with E-state index < -0.39 is 11.8 Å². The van der Waals surface area contributed by atoms with Crippen molar-refractivity contribution in [1.29, 1.82) is 0 Å². The van der Waals surface area contributed by atoms with E-state index in [0.29, 0.717) is 35.1 Å². The molecule has 2 aromatic rings. The van der Waals surface area contributed by atoms with Crippen LogP contribution in [0, 0.1) is 12.3 Å². The van der Waals surface area contributed by atoms with Crippen molar-refractivity contribution in [1.82, 2.24) is 5.43 Å². The average molecular weight is 409 g/mol. The Labute approximate surface area is 175 Å². The summed E-state index contributed by atoms with van der Waals surface area (Å²) in [7, 11) is 1.50. The van der Waals surface area contributed by atoms with Crippen LogP contribution in [0.3, 0.4) is 0 Å². The number of carbonyl (C=O) groups is 2. The van der Waals surface area contributed by atoms with Crippen LogP contribution in [0.2, 0.25) is 0 Å². The monoisotopic (exact) mass is 409 g/mol. The van der Waals surface area contributed by atoms with Gasteiger partial charge < -0.3 is 19.5 Å². The largest absolute Gasteiger partial charge is 0.494 e. The molecule has 0 heterocycles. The van der Waals surface area contributed by atoms with Gasteiger partial charge in [0.05, 0.1) is 19.9 Å². The zero-order valence-electron chi connectivity index (χ0n) is 16.8. The second kappa shape index (κ2) is 11.8. The molecule has 0 saturated carbocycles. The minimum atomic E-state index is -0.566. The highest BCUT2D eigenvalue weighted by Gasteiger charge is 2.11. The van der Waals surface area contributed by atoms with Crippen LogP contribution in [0.5, 0.6) is 17.2 Å². The van der Waals surface area contributed by atoms with E-state index >= 15 is 0 Å². The molecule has 0 atom stereocenters. The van der Waals surface area contributed by atoms with Gasteiger partial charge in [-0.3, -0.25) is 9.59 Å². The van der Waals surface area contributed by atoms with E-state index in [9.17, 15) is 9.59 Å². The third-order valence-corrected chi connectivity index (χ3v) is 3.69. The predicted molar refractivity (Wildman–Crippen MR) is 114 cm³/mol. The normalized spacial score (nSPS) is 10.2. The number of anilines is 1. The number of nitrogens with one attached hydrogen (secondary N) is 2. The van der Waals surface area contributed by atoms with Gasteiger partial charge in [0.1, 0.15) is 18.8 Å². The van der Waals surface area contributed by atoms with Crippen LogP contribution in [-0.2, 0) is 9.59 Å². The lowest BCUT2D eigenvalue weighted by Crippen LogP contribution is -2.24. The number of terminal acetylenes is 1. The summed E-state index contributed by atoms with van der Waals surface area (Å²) in [5, 5.41) is 6.50. The van der Waals surface area contributed by atoms with E-state index in [-0.39, 0.29) is 13.0 Å². The van der Waals surface area contributed by atoms with Gasteiger partial charge in [0.15, 0.2) is 11.5 Å². The summed E-state index contributed by atoms with van der Waals surface area (Å²) in [6.07, 6.45) is 6.23. The van der Waals surface area contributed by atoms with Crippen LogP contribution in [0.15, 0.2) is 47.6 Å². The van der Waals surface area contributed by atoms with Gasteiger partial charge in [-0.2, -0.15) is 5.10 Å². The van der Waals surface area contributed by atoms with Crippen molar-refractivity contribution in [3.05, 3.63) is 48.0 Å². The third-order valence-electron chi connectivity index (χ3n) is 3.69. The molecule has 0 aromatic heterocycles. The Morgan fingerprint density at radius 2 is 1.90 bits per heavy atom. The quantitative estimate of drug-likeness (QED) is 0.272. The molecule has 2 rings (SSSR count). The zero-order chi connectivity index (χ0) is 21.8. The molecule has 0 spiro atoms. The van der Waals surface area contributed by atoms with Crippen LogP contribution >= 0.6 is 0 Å². The number of ether oxygens (including phenoxy) is 3. The lowest BCUT2D eigenvalue weighted by molar-refractivity contribution is -0.126. The Morgan fingerprint density at radius 1 is 1.13 bits per heavy atom. The molecule has 2 aromatic carbocycles. The number of carbonyl (C=O) groups excluding carboxylic acids is 2. The lowest BCUT2D eigenvalue weighted by atomic mass is 10.2. The minimum Gasteiger partial charge on any atom is -0.494 e. The van der Waals surface area contributed by atoms with Crippen LogP contribution in [-0.4, -0.2) is 38.4 Å².